The highest BCUT2D eigenvalue weighted by atomic mass is 35.5. The molecule has 0 unspecified atom stereocenters. The van der Waals surface area contributed by atoms with Crippen LogP contribution in [0.4, 0.5) is 0 Å². The number of hydrogen-bond acceptors (Lipinski definition) is 2. The summed E-state index contributed by atoms with van der Waals surface area (Å²) in [6.07, 6.45) is 1.18. The molecule has 1 atom stereocenters. The van der Waals surface area contributed by atoms with Crippen molar-refractivity contribution in [3.05, 3.63) is 0 Å². The van der Waals surface area contributed by atoms with Crippen LogP contribution in [-0.2, 0) is 0 Å². The molecule has 0 saturated carbocycles. The fourth-order valence-corrected chi connectivity index (χ4v) is 1.20. The Morgan fingerprint density at radius 3 is 2.75 bits per heavy atom. The van der Waals surface area contributed by atoms with Crippen molar-refractivity contribution in [2.24, 2.45) is 0 Å². The van der Waals surface area contributed by atoms with Gasteiger partial charge in [-0.2, -0.15) is 0 Å². The van der Waals surface area contributed by atoms with Gasteiger partial charge in [0, 0.05) is 12.6 Å². The Hall–Kier alpha value is 0.210. The summed E-state index contributed by atoms with van der Waals surface area (Å²) in [5.41, 5.74) is 0. The molecule has 1 saturated heterocycles. The van der Waals surface area contributed by atoms with Crippen LogP contribution in [0.2, 0.25) is 0 Å². The maximum atomic E-state index is 5.40. The van der Waals surface area contributed by atoms with E-state index in [9.17, 15) is 0 Å². The van der Waals surface area contributed by atoms with E-state index in [1.807, 2.05) is 0 Å². The molecule has 48 valence electrons. The van der Waals surface area contributed by atoms with Crippen molar-refractivity contribution in [2.75, 3.05) is 20.1 Å². The Labute approximate surface area is 54.9 Å². The van der Waals surface area contributed by atoms with Gasteiger partial charge in [-0.05, 0) is 31.8 Å². The van der Waals surface area contributed by atoms with Crippen LogP contribution in [0.1, 0.15) is 6.42 Å². The Bertz CT molecular complexity index is 76.8. The second kappa shape index (κ2) is 2.67. The quantitative estimate of drug-likeness (QED) is 0.524. The van der Waals surface area contributed by atoms with Gasteiger partial charge in [0.25, 0.3) is 0 Å². The molecule has 0 amide bonds. The monoisotopic (exact) mass is 134 g/mol. The first-order valence-electron chi connectivity index (χ1n) is 2.87. The number of likely N-dealkylation sites (tertiary alicyclic amines) is 1. The maximum Gasteiger partial charge on any atom is 0.0360 e. The summed E-state index contributed by atoms with van der Waals surface area (Å²) in [6, 6.07) is 0.515. The van der Waals surface area contributed by atoms with Gasteiger partial charge in [-0.3, -0.25) is 0 Å². The van der Waals surface area contributed by atoms with Crippen LogP contribution in [0.5, 0.6) is 0 Å². The lowest BCUT2D eigenvalue weighted by molar-refractivity contribution is 0.408. The SMILES string of the molecule is CN1CC[C@@H](NCl)C1. The second-order valence-electron chi connectivity index (χ2n) is 2.36. The van der Waals surface area contributed by atoms with Gasteiger partial charge in [0.2, 0.25) is 0 Å². The van der Waals surface area contributed by atoms with E-state index in [0.717, 1.165) is 6.54 Å². The topological polar surface area (TPSA) is 15.3 Å². The highest BCUT2D eigenvalue weighted by Gasteiger charge is 2.17. The van der Waals surface area contributed by atoms with Crippen molar-refractivity contribution in [3.63, 3.8) is 0 Å². The highest BCUT2D eigenvalue weighted by molar-refractivity contribution is 6.13. The first kappa shape index (κ1) is 6.33. The van der Waals surface area contributed by atoms with E-state index in [2.05, 4.69) is 16.8 Å². The normalized spacial score (nSPS) is 31.5. The van der Waals surface area contributed by atoms with Crippen LogP contribution < -0.4 is 4.84 Å². The Kier molecular flexibility index (Phi) is 2.11. The van der Waals surface area contributed by atoms with Gasteiger partial charge in [0.05, 0.1) is 0 Å². The second-order valence-corrected chi connectivity index (χ2v) is 2.58. The van der Waals surface area contributed by atoms with Crippen LogP contribution in [0.15, 0.2) is 0 Å². The molecule has 0 aromatic heterocycles. The summed E-state index contributed by atoms with van der Waals surface area (Å²) in [4.78, 5) is 4.99. The van der Waals surface area contributed by atoms with E-state index < -0.39 is 0 Å². The molecule has 1 aliphatic heterocycles. The number of halogens is 1. The van der Waals surface area contributed by atoms with Gasteiger partial charge in [0.1, 0.15) is 0 Å². The third kappa shape index (κ3) is 1.34. The largest absolute Gasteiger partial charge is 0.305 e. The highest BCUT2D eigenvalue weighted by Crippen LogP contribution is 2.05. The van der Waals surface area contributed by atoms with Crippen molar-refractivity contribution in [1.29, 1.82) is 0 Å². The van der Waals surface area contributed by atoms with Gasteiger partial charge in [-0.15, -0.1) is 0 Å². The number of likely N-dealkylation sites (N-methyl/N-ethyl adjacent to an activating group) is 1. The van der Waals surface area contributed by atoms with Gasteiger partial charge >= 0.3 is 0 Å². The lowest BCUT2D eigenvalue weighted by atomic mass is 10.3. The van der Waals surface area contributed by atoms with Crippen molar-refractivity contribution in [2.45, 2.75) is 12.5 Å². The Balaban J connectivity index is 2.22. The molecule has 0 aromatic carbocycles. The molecule has 2 nitrogen and oxygen atoms in total. The fourth-order valence-electron chi connectivity index (χ4n) is 1.02. The maximum absolute atomic E-state index is 5.40. The lowest BCUT2D eigenvalue weighted by Gasteiger charge is -2.05. The zero-order chi connectivity index (χ0) is 5.98. The minimum Gasteiger partial charge on any atom is -0.305 e. The standard InChI is InChI=1S/C5H11ClN2/c1-8-3-2-5(4-8)7-6/h5,7H,2-4H2,1H3/t5-/m1/s1. The number of nitrogens with zero attached hydrogens (tertiary/aromatic N) is 1. The van der Waals surface area contributed by atoms with E-state index in [-0.39, 0.29) is 0 Å². The minimum absolute atomic E-state index is 0.515. The zero-order valence-electron chi connectivity index (χ0n) is 5.02. The van der Waals surface area contributed by atoms with Crippen LogP contribution in [0.25, 0.3) is 0 Å². The van der Waals surface area contributed by atoms with Crippen LogP contribution in [0.3, 0.4) is 0 Å². The summed E-state index contributed by atoms with van der Waals surface area (Å²) < 4.78 is 0. The Morgan fingerprint density at radius 2 is 2.50 bits per heavy atom. The molecule has 0 bridgehead atoms. The molecule has 0 aromatic rings. The summed E-state index contributed by atoms with van der Waals surface area (Å²) in [6.45, 7) is 2.26. The molecule has 0 aliphatic carbocycles. The molecule has 8 heavy (non-hydrogen) atoms. The van der Waals surface area contributed by atoms with Crippen LogP contribution >= 0.6 is 11.8 Å². The lowest BCUT2D eigenvalue weighted by Crippen LogP contribution is -2.24. The molecular formula is C5H11ClN2. The van der Waals surface area contributed by atoms with Gasteiger partial charge < -0.3 is 4.90 Å². The predicted octanol–water partition coefficient (Wildman–Crippen LogP) is 0.434. The van der Waals surface area contributed by atoms with E-state index in [4.69, 9.17) is 11.8 Å². The van der Waals surface area contributed by atoms with Crippen molar-refractivity contribution >= 4 is 11.8 Å². The van der Waals surface area contributed by atoms with Gasteiger partial charge in [0.15, 0.2) is 0 Å². The van der Waals surface area contributed by atoms with Crippen LogP contribution in [-0.4, -0.2) is 31.1 Å². The third-order valence-corrected chi connectivity index (χ3v) is 1.85. The number of rotatable bonds is 1. The summed E-state index contributed by atoms with van der Waals surface area (Å²) in [7, 11) is 2.11. The zero-order valence-corrected chi connectivity index (χ0v) is 5.78. The van der Waals surface area contributed by atoms with Gasteiger partial charge in [-0.1, -0.05) is 0 Å². The summed E-state index contributed by atoms with van der Waals surface area (Å²) in [5, 5.41) is 0. The molecular weight excluding hydrogens is 124 g/mol. The molecule has 1 fully saturated rings. The minimum atomic E-state index is 0.515. The molecule has 1 heterocycles. The molecule has 3 heteroatoms. The third-order valence-electron chi connectivity index (χ3n) is 1.55. The fraction of sp³-hybridized carbons (Fsp3) is 1.00. The average Bonchev–Trinajstić information content (AvgIpc) is 2.14. The molecule has 1 rings (SSSR count). The Morgan fingerprint density at radius 1 is 1.75 bits per heavy atom. The first-order chi connectivity index (χ1) is 3.83. The van der Waals surface area contributed by atoms with Crippen molar-refractivity contribution in [3.8, 4) is 0 Å². The predicted molar refractivity (Wildman–Crippen MR) is 34.9 cm³/mol. The molecule has 0 radical (unpaired) electrons. The number of hydrogen-bond donors (Lipinski definition) is 1. The van der Waals surface area contributed by atoms with E-state index in [1.165, 1.54) is 13.0 Å². The molecule has 0 spiro atoms. The van der Waals surface area contributed by atoms with Crippen LogP contribution in [0, 0.1) is 0 Å². The summed E-state index contributed by atoms with van der Waals surface area (Å²) >= 11 is 5.40. The van der Waals surface area contributed by atoms with Gasteiger partial charge in [-0.25, -0.2) is 4.84 Å². The van der Waals surface area contributed by atoms with E-state index in [0.29, 0.717) is 6.04 Å². The van der Waals surface area contributed by atoms with E-state index in [1.54, 1.807) is 0 Å². The summed E-state index contributed by atoms with van der Waals surface area (Å²) in [5.74, 6) is 0. The number of nitrogens with one attached hydrogen (secondary N) is 1. The molecule has 1 N–H and O–H groups in total. The smallest absolute Gasteiger partial charge is 0.0360 e. The molecule has 1 aliphatic rings. The van der Waals surface area contributed by atoms with Crippen molar-refractivity contribution in [1.82, 2.24) is 9.74 Å². The average molecular weight is 135 g/mol. The van der Waals surface area contributed by atoms with Crippen molar-refractivity contribution < 1.29 is 0 Å². The first-order valence-corrected chi connectivity index (χ1v) is 3.25. The van der Waals surface area contributed by atoms with E-state index >= 15 is 0 Å².